The smallest absolute Gasteiger partial charge is 0.209 e. The van der Waals surface area contributed by atoms with Crippen LogP contribution in [-0.2, 0) is 4.74 Å². The summed E-state index contributed by atoms with van der Waals surface area (Å²) in [4.78, 5) is 6.00. The summed E-state index contributed by atoms with van der Waals surface area (Å²) in [5.74, 6) is 0.859. The maximum absolute atomic E-state index is 5.57. The van der Waals surface area contributed by atoms with Crippen LogP contribution in [0, 0.1) is 13.8 Å². The maximum atomic E-state index is 5.57. The van der Waals surface area contributed by atoms with Crippen molar-refractivity contribution in [2.45, 2.75) is 13.8 Å². The lowest BCUT2D eigenvalue weighted by Gasteiger charge is -2.31. The van der Waals surface area contributed by atoms with Crippen molar-refractivity contribution in [3.63, 3.8) is 0 Å². The average Bonchev–Trinajstić information content (AvgIpc) is 3.15. The number of rotatable bonds is 4. The third-order valence-corrected chi connectivity index (χ3v) is 5.74. The Morgan fingerprint density at radius 1 is 1.03 bits per heavy atom. The summed E-state index contributed by atoms with van der Waals surface area (Å²) in [6.45, 7) is 7.36. The molecule has 0 aliphatic carbocycles. The molecule has 5 nitrogen and oxygen atoms in total. The summed E-state index contributed by atoms with van der Waals surface area (Å²) in [5, 5.41) is 4.50. The Hall–Kier alpha value is -2.09. The summed E-state index contributed by atoms with van der Waals surface area (Å²) in [6, 6.07) is 14.6. The zero-order chi connectivity index (χ0) is 19.5. The van der Waals surface area contributed by atoms with E-state index < -0.39 is 0 Å². The summed E-state index contributed by atoms with van der Waals surface area (Å²) >= 11 is 1.67. The molecule has 1 fully saturated rings. The molecule has 2 aromatic carbocycles. The van der Waals surface area contributed by atoms with E-state index in [9.17, 15) is 0 Å². The zero-order valence-corrected chi connectivity index (χ0v) is 19.5. The fourth-order valence-electron chi connectivity index (χ4n) is 3.31. The van der Waals surface area contributed by atoms with E-state index in [1.54, 1.807) is 18.4 Å². The molecule has 0 bridgehead atoms. The van der Waals surface area contributed by atoms with Gasteiger partial charge >= 0.3 is 0 Å². The molecule has 4 rings (SSSR count). The number of ether oxygens (including phenoxy) is 2. The third kappa shape index (κ3) is 4.74. The Kier molecular flexibility index (Phi) is 7.16. The van der Waals surface area contributed by atoms with Crippen molar-refractivity contribution in [1.29, 1.82) is 0 Å². The van der Waals surface area contributed by atoms with Gasteiger partial charge in [-0.15, -0.1) is 28.3 Å². The quantitative estimate of drug-likeness (QED) is 0.552. The Morgan fingerprint density at radius 3 is 2.45 bits per heavy atom. The van der Waals surface area contributed by atoms with Crippen LogP contribution in [0.2, 0.25) is 0 Å². The fraction of sp³-hybridized carbons (Fsp3) is 0.318. The molecular formula is C22H26BrN3O2S. The van der Waals surface area contributed by atoms with Gasteiger partial charge in [0.15, 0.2) is 0 Å². The van der Waals surface area contributed by atoms with E-state index in [4.69, 9.17) is 14.5 Å². The Morgan fingerprint density at radius 2 is 1.76 bits per heavy atom. The number of benzene rings is 2. The minimum absolute atomic E-state index is 0. The van der Waals surface area contributed by atoms with Crippen LogP contribution >= 0.6 is 28.3 Å². The van der Waals surface area contributed by atoms with Gasteiger partial charge in [0.25, 0.3) is 0 Å². The molecule has 154 valence electrons. The SMILES string of the molecule is Br.COc1ccc(-c2csc(=Nc3cc(C)ccc3C)n2N2CCOCC2)cc1. The van der Waals surface area contributed by atoms with E-state index >= 15 is 0 Å². The van der Waals surface area contributed by atoms with E-state index in [0.717, 1.165) is 53.8 Å². The van der Waals surface area contributed by atoms with Crippen molar-refractivity contribution in [2.75, 3.05) is 38.4 Å². The van der Waals surface area contributed by atoms with E-state index in [0.29, 0.717) is 0 Å². The first kappa shape index (κ1) is 21.6. The molecule has 7 heteroatoms. The van der Waals surface area contributed by atoms with Crippen LogP contribution < -0.4 is 14.5 Å². The summed E-state index contributed by atoms with van der Waals surface area (Å²) in [6.07, 6.45) is 0. The lowest BCUT2D eigenvalue weighted by atomic mass is 10.1. The molecule has 1 aliphatic heterocycles. The number of morpholine rings is 1. The second-order valence-electron chi connectivity index (χ2n) is 6.91. The molecule has 0 saturated carbocycles. The lowest BCUT2D eigenvalue weighted by molar-refractivity contribution is 0.111. The number of nitrogens with zero attached hydrogens (tertiary/aromatic N) is 3. The van der Waals surface area contributed by atoms with Crippen LogP contribution in [0.5, 0.6) is 5.75 Å². The normalized spacial score (nSPS) is 14.6. The number of methoxy groups -OCH3 is 1. The van der Waals surface area contributed by atoms with Crippen LogP contribution in [0.25, 0.3) is 11.3 Å². The molecule has 1 aliphatic rings. The monoisotopic (exact) mass is 475 g/mol. The molecular weight excluding hydrogens is 450 g/mol. The van der Waals surface area contributed by atoms with Gasteiger partial charge < -0.3 is 14.5 Å². The van der Waals surface area contributed by atoms with Gasteiger partial charge in [-0.05, 0) is 55.3 Å². The van der Waals surface area contributed by atoms with Crippen molar-refractivity contribution >= 4 is 34.0 Å². The third-order valence-electron chi connectivity index (χ3n) is 4.92. The standard InChI is InChI=1S/C22H25N3O2S.BrH/c1-16-4-5-17(2)20(14-16)23-22-25(24-10-12-27-13-11-24)21(15-28-22)18-6-8-19(26-3)9-7-18;/h4-9,14-15H,10-13H2,1-3H3;1H. The number of hydrogen-bond acceptors (Lipinski definition) is 5. The highest BCUT2D eigenvalue weighted by atomic mass is 79.9. The number of aryl methyl sites for hydroxylation is 2. The molecule has 0 spiro atoms. The molecule has 0 N–H and O–H groups in total. The highest BCUT2D eigenvalue weighted by molar-refractivity contribution is 8.93. The predicted molar refractivity (Wildman–Crippen MR) is 125 cm³/mol. The van der Waals surface area contributed by atoms with Crippen LogP contribution in [0.15, 0.2) is 52.8 Å². The fourth-order valence-corrected chi connectivity index (χ4v) is 4.22. The van der Waals surface area contributed by atoms with Gasteiger partial charge in [-0.25, -0.2) is 9.67 Å². The number of halogens is 1. The van der Waals surface area contributed by atoms with E-state index in [1.165, 1.54) is 11.1 Å². The van der Waals surface area contributed by atoms with Crippen molar-refractivity contribution in [3.05, 3.63) is 63.8 Å². The highest BCUT2D eigenvalue weighted by Crippen LogP contribution is 2.25. The first-order chi connectivity index (χ1) is 13.7. The van der Waals surface area contributed by atoms with E-state index in [2.05, 4.69) is 59.2 Å². The van der Waals surface area contributed by atoms with Gasteiger partial charge in [0.05, 0.1) is 44.8 Å². The topological polar surface area (TPSA) is 39.0 Å². The number of aromatic nitrogens is 1. The van der Waals surface area contributed by atoms with Crippen LogP contribution in [-0.4, -0.2) is 38.1 Å². The average molecular weight is 476 g/mol. The summed E-state index contributed by atoms with van der Waals surface area (Å²) < 4.78 is 13.1. The highest BCUT2D eigenvalue weighted by Gasteiger charge is 2.17. The minimum atomic E-state index is 0. The molecule has 0 atom stereocenters. The summed E-state index contributed by atoms with van der Waals surface area (Å²) in [5.41, 5.74) is 5.70. The van der Waals surface area contributed by atoms with Crippen LogP contribution in [0.3, 0.4) is 0 Å². The molecule has 29 heavy (non-hydrogen) atoms. The van der Waals surface area contributed by atoms with Crippen LogP contribution in [0.4, 0.5) is 5.69 Å². The Bertz CT molecular complexity index is 1020. The zero-order valence-electron chi connectivity index (χ0n) is 16.9. The van der Waals surface area contributed by atoms with Crippen molar-refractivity contribution < 1.29 is 9.47 Å². The first-order valence-corrected chi connectivity index (χ1v) is 10.3. The van der Waals surface area contributed by atoms with Gasteiger partial charge in [-0.3, -0.25) is 0 Å². The lowest BCUT2D eigenvalue weighted by Crippen LogP contribution is -2.48. The molecule has 1 aromatic heterocycles. The molecule has 1 saturated heterocycles. The molecule has 0 amide bonds. The molecule has 0 radical (unpaired) electrons. The van der Waals surface area contributed by atoms with Gasteiger partial charge in [0, 0.05) is 10.9 Å². The van der Waals surface area contributed by atoms with Crippen molar-refractivity contribution in [2.24, 2.45) is 4.99 Å². The maximum Gasteiger partial charge on any atom is 0.209 e. The molecule has 2 heterocycles. The molecule has 3 aromatic rings. The van der Waals surface area contributed by atoms with Crippen LogP contribution in [0.1, 0.15) is 11.1 Å². The predicted octanol–water partition coefficient (Wildman–Crippen LogP) is 4.62. The van der Waals surface area contributed by atoms with Crippen molar-refractivity contribution in [1.82, 2.24) is 4.68 Å². The van der Waals surface area contributed by atoms with Gasteiger partial charge in [-0.2, -0.15) is 0 Å². The minimum Gasteiger partial charge on any atom is -0.497 e. The summed E-state index contributed by atoms with van der Waals surface area (Å²) in [7, 11) is 1.69. The van der Waals surface area contributed by atoms with Gasteiger partial charge in [0.1, 0.15) is 5.75 Å². The second-order valence-corrected chi connectivity index (χ2v) is 7.75. The van der Waals surface area contributed by atoms with E-state index in [1.807, 2.05) is 12.1 Å². The number of hydrogen-bond donors (Lipinski definition) is 0. The second kappa shape index (κ2) is 9.61. The Balaban J connectivity index is 0.00000240. The molecule has 0 unspecified atom stereocenters. The van der Waals surface area contributed by atoms with Crippen molar-refractivity contribution in [3.8, 4) is 17.0 Å². The first-order valence-electron chi connectivity index (χ1n) is 9.45. The van der Waals surface area contributed by atoms with Gasteiger partial charge in [-0.1, -0.05) is 12.1 Å². The Labute approximate surface area is 186 Å². The van der Waals surface area contributed by atoms with Gasteiger partial charge in [0.2, 0.25) is 4.80 Å². The van der Waals surface area contributed by atoms with E-state index in [-0.39, 0.29) is 17.0 Å². The largest absolute Gasteiger partial charge is 0.497 e. The number of thiazole rings is 1.